The monoisotopic (exact) mass is 289 g/mol. The van der Waals surface area contributed by atoms with Gasteiger partial charge in [0.15, 0.2) is 0 Å². The van der Waals surface area contributed by atoms with Crippen LogP contribution in [0.4, 0.5) is 0 Å². The predicted octanol–water partition coefficient (Wildman–Crippen LogP) is 2.56. The van der Waals surface area contributed by atoms with Crippen LogP contribution in [0.1, 0.15) is 24.2 Å². The highest BCUT2D eigenvalue weighted by Crippen LogP contribution is 2.30. The van der Waals surface area contributed by atoms with Gasteiger partial charge in [-0.3, -0.25) is 4.68 Å². The molecule has 0 saturated carbocycles. The van der Waals surface area contributed by atoms with E-state index >= 15 is 0 Å². The highest BCUT2D eigenvalue weighted by molar-refractivity contribution is 5.42. The van der Waals surface area contributed by atoms with Crippen LogP contribution in [0.2, 0.25) is 0 Å². The minimum Gasteiger partial charge on any atom is -0.497 e. The molecule has 2 aromatic rings. The topological polar surface area (TPSA) is 48.3 Å². The van der Waals surface area contributed by atoms with Crippen LogP contribution in [-0.4, -0.2) is 30.5 Å². The van der Waals surface area contributed by atoms with E-state index in [9.17, 15) is 0 Å². The molecule has 21 heavy (non-hydrogen) atoms. The van der Waals surface area contributed by atoms with E-state index < -0.39 is 0 Å². The average molecular weight is 289 g/mol. The van der Waals surface area contributed by atoms with E-state index in [1.54, 1.807) is 14.2 Å². The molecule has 0 fully saturated rings. The number of nitrogens with one attached hydrogen (secondary N) is 1. The van der Waals surface area contributed by atoms with Gasteiger partial charge in [-0.25, -0.2) is 0 Å². The zero-order valence-electron chi connectivity index (χ0n) is 13.1. The van der Waals surface area contributed by atoms with Crippen molar-refractivity contribution in [2.24, 2.45) is 0 Å². The molecule has 5 nitrogen and oxygen atoms in total. The lowest BCUT2D eigenvalue weighted by atomic mass is 10.0. The Labute approximate surface area is 125 Å². The Balaban J connectivity index is 2.31. The summed E-state index contributed by atoms with van der Waals surface area (Å²) in [5.41, 5.74) is 2.25. The number of benzene rings is 1. The number of aryl methyl sites for hydroxylation is 1. The lowest BCUT2D eigenvalue weighted by Crippen LogP contribution is -2.26. The Kier molecular flexibility index (Phi) is 5.22. The molecule has 1 heterocycles. The van der Waals surface area contributed by atoms with Crippen molar-refractivity contribution in [3.05, 3.63) is 41.7 Å². The maximum absolute atomic E-state index is 5.51. The van der Waals surface area contributed by atoms with Crippen LogP contribution < -0.4 is 14.8 Å². The Morgan fingerprint density at radius 1 is 1.24 bits per heavy atom. The van der Waals surface area contributed by atoms with Crippen molar-refractivity contribution >= 4 is 0 Å². The second-order valence-electron chi connectivity index (χ2n) is 4.87. The molecule has 0 saturated heterocycles. The van der Waals surface area contributed by atoms with Crippen molar-refractivity contribution in [2.45, 2.75) is 26.4 Å². The molecule has 0 bridgehead atoms. The fourth-order valence-corrected chi connectivity index (χ4v) is 2.39. The molecule has 0 aliphatic rings. The largest absolute Gasteiger partial charge is 0.497 e. The molecule has 1 aromatic carbocycles. The molecule has 0 aliphatic carbocycles. The van der Waals surface area contributed by atoms with Gasteiger partial charge in [-0.05, 0) is 31.7 Å². The summed E-state index contributed by atoms with van der Waals surface area (Å²) in [6, 6.07) is 8.06. The number of likely N-dealkylation sites (N-methyl/N-ethyl adjacent to an activating group) is 1. The van der Waals surface area contributed by atoms with Crippen molar-refractivity contribution in [3.8, 4) is 11.5 Å². The van der Waals surface area contributed by atoms with Gasteiger partial charge in [-0.1, -0.05) is 6.92 Å². The van der Waals surface area contributed by atoms with Crippen molar-refractivity contribution in [3.63, 3.8) is 0 Å². The highest BCUT2D eigenvalue weighted by Gasteiger charge is 2.17. The van der Waals surface area contributed by atoms with E-state index in [1.165, 1.54) is 0 Å². The molecule has 0 aliphatic heterocycles. The molecular formula is C16H23N3O2. The number of hydrogen-bond donors (Lipinski definition) is 1. The maximum atomic E-state index is 5.51. The van der Waals surface area contributed by atoms with Crippen LogP contribution in [-0.2, 0) is 6.54 Å². The van der Waals surface area contributed by atoms with Crippen LogP contribution in [0.5, 0.6) is 11.5 Å². The molecule has 1 unspecified atom stereocenters. The van der Waals surface area contributed by atoms with Gasteiger partial charge >= 0.3 is 0 Å². The Morgan fingerprint density at radius 2 is 2.05 bits per heavy atom. The smallest absolute Gasteiger partial charge is 0.127 e. The van der Waals surface area contributed by atoms with Crippen LogP contribution in [0.15, 0.2) is 30.5 Å². The van der Waals surface area contributed by atoms with Crippen molar-refractivity contribution in [1.29, 1.82) is 0 Å². The van der Waals surface area contributed by atoms with E-state index in [2.05, 4.69) is 24.3 Å². The Morgan fingerprint density at radius 3 is 2.62 bits per heavy atom. The normalized spacial score (nSPS) is 12.2. The molecule has 114 valence electrons. The van der Waals surface area contributed by atoms with Crippen molar-refractivity contribution in [2.75, 3.05) is 20.8 Å². The van der Waals surface area contributed by atoms with Gasteiger partial charge in [-0.15, -0.1) is 0 Å². The Hall–Kier alpha value is -2.01. The molecule has 5 heteroatoms. The fourth-order valence-electron chi connectivity index (χ4n) is 2.39. The van der Waals surface area contributed by atoms with E-state index in [4.69, 9.17) is 9.47 Å². The van der Waals surface area contributed by atoms with Crippen LogP contribution in [0, 0.1) is 6.92 Å². The number of aromatic nitrogens is 2. The number of methoxy groups -OCH3 is 2. The zero-order valence-corrected chi connectivity index (χ0v) is 13.1. The second-order valence-corrected chi connectivity index (χ2v) is 4.87. The Bertz CT molecular complexity index is 581. The summed E-state index contributed by atoms with van der Waals surface area (Å²) in [6.07, 6.45) is 1.82. The first-order chi connectivity index (χ1) is 10.2. The van der Waals surface area contributed by atoms with Gasteiger partial charge in [-0.2, -0.15) is 5.10 Å². The van der Waals surface area contributed by atoms with Gasteiger partial charge in [0.05, 0.1) is 26.8 Å². The second kappa shape index (κ2) is 7.13. The van der Waals surface area contributed by atoms with E-state index in [0.717, 1.165) is 35.8 Å². The molecular weight excluding hydrogens is 266 g/mol. The number of nitrogens with zero attached hydrogens (tertiary/aromatic N) is 2. The average Bonchev–Trinajstić information content (AvgIpc) is 2.91. The molecule has 1 aromatic heterocycles. The SMILES string of the molecule is CCNC(Cn1nccc1C)c1ccc(OC)cc1OC. The minimum absolute atomic E-state index is 0.134. The first-order valence-electron chi connectivity index (χ1n) is 7.13. The van der Waals surface area contributed by atoms with Crippen molar-refractivity contribution in [1.82, 2.24) is 15.1 Å². The predicted molar refractivity (Wildman–Crippen MR) is 82.9 cm³/mol. The van der Waals surface area contributed by atoms with Gasteiger partial charge in [0, 0.05) is 23.5 Å². The third kappa shape index (κ3) is 3.55. The van der Waals surface area contributed by atoms with E-state index in [1.807, 2.05) is 35.1 Å². The summed E-state index contributed by atoms with van der Waals surface area (Å²) in [7, 11) is 3.34. The molecule has 0 radical (unpaired) electrons. The number of ether oxygens (including phenoxy) is 2. The fraction of sp³-hybridized carbons (Fsp3) is 0.438. The van der Waals surface area contributed by atoms with Gasteiger partial charge in [0.25, 0.3) is 0 Å². The first-order valence-corrected chi connectivity index (χ1v) is 7.13. The minimum atomic E-state index is 0.134. The van der Waals surface area contributed by atoms with Crippen LogP contribution in [0.25, 0.3) is 0 Å². The first kappa shape index (κ1) is 15.4. The van der Waals surface area contributed by atoms with Crippen LogP contribution >= 0.6 is 0 Å². The summed E-state index contributed by atoms with van der Waals surface area (Å²) < 4.78 is 12.8. The molecule has 1 atom stereocenters. The van der Waals surface area contributed by atoms with Crippen LogP contribution in [0.3, 0.4) is 0 Å². The standard InChI is InChI=1S/C16H23N3O2/c1-5-17-15(11-19-12(2)8-9-18-19)14-7-6-13(20-3)10-16(14)21-4/h6-10,15,17H,5,11H2,1-4H3. The molecule has 2 rings (SSSR count). The lowest BCUT2D eigenvalue weighted by molar-refractivity contribution is 0.374. The molecule has 0 amide bonds. The molecule has 0 spiro atoms. The van der Waals surface area contributed by atoms with Crippen molar-refractivity contribution < 1.29 is 9.47 Å². The van der Waals surface area contributed by atoms with Gasteiger partial charge in [0.1, 0.15) is 11.5 Å². The zero-order chi connectivity index (χ0) is 15.2. The highest BCUT2D eigenvalue weighted by atomic mass is 16.5. The number of hydrogen-bond acceptors (Lipinski definition) is 4. The third-order valence-electron chi connectivity index (χ3n) is 3.55. The van der Waals surface area contributed by atoms with Gasteiger partial charge in [0.2, 0.25) is 0 Å². The summed E-state index contributed by atoms with van der Waals surface area (Å²) in [5, 5.41) is 7.86. The number of rotatable bonds is 7. The third-order valence-corrected chi connectivity index (χ3v) is 3.55. The summed E-state index contributed by atoms with van der Waals surface area (Å²) in [6.45, 7) is 5.79. The lowest BCUT2D eigenvalue weighted by Gasteiger charge is -2.22. The van der Waals surface area contributed by atoms with Gasteiger partial charge < -0.3 is 14.8 Å². The summed E-state index contributed by atoms with van der Waals surface area (Å²) in [4.78, 5) is 0. The maximum Gasteiger partial charge on any atom is 0.127 e. The van der Waals surface area contributed by atoms with E-state index in [-0.39, 0.29) is 6.04 Å². The quantitative estimate of drug-likeness (QED) is 0.851. The summed E-state index contributed by atoms with van der Waals surface area (Å²) >= 11 is 0. The van der Waals surface area contributed by atoms with E-state index in [0.29, 0.717) is 0 Å². The summed E-state index contributed by atoms with van der Waals surface area (Å²) in [5.74, 6) is 1.62. The molecule has 1 N–H and O–H groups in total.